The van der Waals surface area contributed by atoms with E-state index in [9.17, 15) is 4.79 Å². The van der Waals surface area contributed by atoms with Gasteiger partial charge in [0, 0.05) is 26.4 Å². The van der Waals surface area contributed by atoms with Crippen molar-refractivity contribution < 1.29 is 14.3 Å². The van der Waals surface area contributed by atoms with Crippen LogP contribution in [-0.4, -0.2) is 42.1 Å². The Kier molecular flexibility index (Phi) is 3.93. The molecule has 0 bridgehead atoms. The van der Waals surface area contributed by atoms with Gasteiger partial charge in [-0.2, -0.15) is 0 Å². The van der Waals surface area contributed by atoms with Gasteiger partial charge in [0.15, 0.2) is 5.75 Å². The van der Waals surface area contributed by atoms with E-state index in [1.807, 2.05) is 13.8 Å². The van der Waals surface area contributed by atoms with Crippen molar-refractivity contribution in [3.63, 3.8) is 0 Å². The normalized spacial score (nSPS) is 14.4. The van der Waals surface area contributed by atoms with Gasteiger partial charge in [0.05, 0.1) is 17.8 Å². The van der Waals surface area contributed by atoms with Crippen molar-refractivity contribution in [2.24, 2.45) is 0 Å². The summed E-state index contributed by atoms with van der Waals surface area (Å²) in [6.07, 6.45) is 3.88. The first-order valence-corrected chi connectivity index (χ1v) is 6.52. The fourth-order valence-electron chi connectivity index (χ4n) is 1.57. The van der Waals surface area contributed by atoms with E-state index in [2.05, 4.69) is 4.98 Å². The van der Waals surface area contributed by atoms with Crippen LogP contribution in [0, 0.1) is 0 Å². The molecule has 1 saturated carbocycles. The third-order valence-electron chi connectivity index (χ3n) is 2.64. The maximum Gasteiger partial charge on any atom is 0.257 e. The minimum Gasteiger partial charge on any atom is -0.485 e. The smallest absolute Gasteiger partial charge is 0.257 e. The molecule has 1 aromatic heterocycles. The zero-order valence-electron chi connectivity index (χ0n) is 11.8. The van der Waals surface area contributed by atoms with Gasteiger partial charge < -0.3 is 14.4 Å². The van der Waals surface area contributed by atoms with Crippen molar-refractivity contribution in [3.05, 3.63) is 17.8 Å². The topological polar surface area (TPSA) is 51.7 Å². The Hall–Kier alpha value is -1.78. The van der Waals surface area contributed by atoms with Gasteiger partial charge >= 0.3 is 0 Å². The van der Waals surface area contributed by atoms with Gasteiger partial charge in [-0.1, -0.05) is 0 Å². The zero-order valence-corrected chi connectivity index (χ0v) is 11.8. The Balaban J connectivity index is 2.26. The number of rotatable bonds is 5. The number of ether oxygens (including phenoxy) is 2. The molecule has 0 unspecified atom stereocenters. The summed E-state index contributed by atoms with van der Waals surface area (Å²) >= 11 is 0. The van der Waals surface area contributed by atoms with E-state index in [4.69, 9.17) is 9.47 Å². The molecule has 2 rings (SSSR count). The lowest BCUT2D eigenvalue weighted by Crippen LogP contribution is -2.22. The molecular formula is C14H20N2O3. The van der Waals surface area contributed by atoms with E-state index >= 15 is 0 Å². The lowest BCUT2D eigenvalue weighted by Gasteiger charge is -2.16. The van der Waals surface area contributed by atoms with Crippen molar-refractivity contribution >= 4 is 5.91 Å². The molecule has 104 valence electrons. The Morgan fingerprint density at radius 2 is 2.11 bits per heavy atom. The van der Waals surface area contributed by atoms with Gasteiger partial charge in [0.25, 0.3) is 11.8 Å². The fraction of sp³-hybridized carbons (Fsp3) is 0.571. The van der Waals surface area contributed by atoms with Crippen LogP contribution < -0.4 is 9.47 Å². The van der Waals surface area contributed by atoms with Gasteiger partial charge in [0.2, 0.25) is 0 Å². The van der Waals surface area contributed by atoms with E-state index in [0.29, 0.717) is 17.2 Å². The standard InChI is InChI=1S/C14H20N2O3/c1-9(2)18-13-12(19-11-5-6-11)7-10(8-15-13)14(17)16(3)4/h7-9,11H,5-6H2,1-4H3. The summed E-state index contributed by atoms with van der Waals surface area (Å²) in [6.45, 7) is 3.86. The van der Waals surface area contributed by atoms with Crippen LogP contribution >= 0.6 is 0 Å². The quantitative estimate of drug-likeness (QED) is 0.817. The van der Waals surface area contributed by atoms with Gasteiger partial charge in [0.1, 0.15) is 0 Å². The van der Waals surface area contributed by atoms with Crippen molar-refractivity contribution in [2.45, 2.75) is 38.9 Å². The molecule has 0 radical (unpaired) electrons. The average molecular weight is 264 g/mol. The van der Waals surface area contributed by atoms with Gasteiger partial charge in [-0.05, 0) is 26.7 Å². The van der Waals surface area contributed by atoms with Gasteiger partial charge in [-0.25, -0.2) is 4.98 Å². The lowest BCUT2D eigenvalue weighted by atomic mass is 10.2. The molecule has 1 amide bonds. The van der Waals surface area contributed by atoms with E-state index in [1.54, 1.807) is 20.2 Å². The lowest BCUT2D eigenvalue weighted by molar-refractivity contribution is 0.0826. The largest absolute Gasteiger partial charge is 0.485 e. The molecule has 0 N–H and O–H groups in total. The SMILES string of the molecule is CC(C)Oc1ncc(C(=O)N(C)C)cc1OC1CC1. The summed E-state index contributed by atoms with van der Waals surface area (Å²) in [4.78, 5) is 17.6. The van der Waals surface area contributed by atoms with E-state index in [0.717, 1.165) is 12.8 Å². The van der Waals surface area contributed by atoms with Gasteiger partial charge in [-0.3, -0.25) is 4.79 Å². The van der Waals surface area contributed by atoms with Crippen LogP contribution in [0.4, 0.5) is 0 Å². The van der Waals surface area contributed by atoms with Crippen LogP contribution in [-0.2, 0) is 0 Å². The second-order valence-electron chi connectivity index (χ2n) is 5.21. The summed E-state index contributed by atoms with van der Waals surface area (Å²) in [6, 6.07) is 1.71. The molecule has 1 aliphatic carbocycles. The van der Waals surface area contributed by atoms with Crippen molar-refractivity contribution in [1.82, 2.24) is 9.88 Å². The Bertz CT molecular complexity index is 468. The molecule has 0 spiro atoms. The second-order valence-corrected chi connectivity index (χ2v) is 5.21. The molecule has 5 nitrogen and oxygen atoms in total. The minimum atomic E-state index is -0.0933. The molecule has 1 heterocycles. The molecule has 5 heteroatoms. The van der Waals surface area contributed by atoms with Crippen molar-refractivity contribution in [3.8, 4) is 11.6 Å². The fourth-order valence-corrected chi connectivity index (χ4v) is 1.57. The number of amides is 1. The van der Waals surface area contributed by atoms with Crippen LogP contribution in [0.2, 0.25) is 0 Å². The molecule has 0 aromatic carbocycles. The Morgan fingerprint density at radius 3 is 2.63 bits per heavy atom. The molecule has 0 saturated heterocycles. The predicted octanol–water partition coefficient (Wildman–Crippen LogP) is 2.11. The van der Waals surface area contributed by atoms with E-state index < -0.39 is 0 Å². The molecule has 0 aliphatic heterocycles. The van der Waals surface area contributed by atoms with E-state index in [1.165, 1.54) is 11.1 Å². The number of hydrogen-bond donors (Lipinski definition) is 0. The number of carbonyl (C=O) groups excluding carboxylic acids is 1. The number of carbonyl (C=O) groups is 1. The third kappa shape index (κ3) is 3.59. The molecule has 1 aliphatic rings. The average Bonchev–Trinajstić information content (AvgIpc) is 3.13. The van der Waals surface area contributed by atoms with Crippen molar-refractivity contribution in [1.29, 1.82) is 0 Å². The summed E-state index contributed by atoms with van der Waals surface area (Å²) in [5.74, 6) is 0.922. The van der Waals surface area contributed by atoms with Crippen LogP contribution in [0.25, 0.3) is 0 Å². The number of aromatic nitrogens is 1. The maximum absolute atomic E-state index is 11.9. The molecular weight excluding hydrogens is 244 g/mol. The second kappa shape index (κ2) is 5.47. The number of nitrogens with zero attached hydrogens (tertiary/aromatic N) is 2. The molecule has 1 fully saturated rings. The molecule has 1 aromatic rings. The number of hydrogen-bond acceptors (Lipinski definition) is 4. The zero-order chi connectivity index (χ0) is 14.0. The molecule has 19 heavy (non-hydrogen) atoms. The Labute approximate surface area is 113 Å². The summed E-state index contributed by atoms with van der Waals surface area (Å²) in [5.41, 5.74) is 0.511. The first-order valence-electron chi connectivity index (χ1n) is 6.52. The highest BCUT2D eigenvalue weighted by Gasteiger charge is 2.26. The summed E-state index contributed by atoms with van der Waals surface area (Å²) < 4.78 is 11.4. The van der Waals surface area contributed by atoms with E-state index in [-0.39, 0.29) is 18.1 Å². The highest BCUT2D eigenvalue weighted by atomic mass is 16.5. The predicted molar refractivity (Wildman–Crippen MR) is 71.7 cm³/mol. The first kappa shape index (κ1) is 13.6. The highest BCUT2D eigenvalue weighted by molar-refractivity contribution is 5.94. The highest BCUT2D eigenvalue weighted by Crippen LogP contribution is 2.33. The third-order valence-corrected chi connectivity index (χ3v) is 2.64. The van der Waals surface area contributed by atoms with Crippen LogP contribution in [0.1, 0.15) is 37.0 Å². The maximum atomic E-state index is 11.9. The Morgan fingerprint density at radius 1 is 1.42 bits per heavy atom. The molecule has 0 atom stereocenters. The van der Waals surface area contributed by atoms with Crippen LogP contribution in [0.3, 0.4) is 0 Å². The number of pyridine rings is 1. The van der Waals surface area contributed by atoms with Crippen LogP contribution in [0.15, 0.2) is 12.3 Å². The first-order chi connectivity index (χ1) is 8.97. The van der Waals surface area contributed by atoms with Gasteiger partial charge in [-0.15, -0.1) is 0 Å². The summed E-state index contributed by atoms with van der Waals surface area (Å²) in [5, 5.41) is 0. The van der Waals surface area contributed by atoms with Crippen molar-refractivity contribution in [2.75, 3.05) is 14.1 Å². The minimum absolute atomic E-state index is 0.0180. The monoisotopic (exact) mass is 264 g/mol. The van der Waals surface area contributed by atoms with Crippen LogP contribution in [0.5, 0.6) is 11.6 Å². The summed E-state index contributed by atoms with van der Waals surface area (Å²) in [7, 11) is 3.42.